The third kappa shape index (κ3) is 3.05. The molecule has 134 valence electrons. The second-order valence-corrected chi connectivity index (χ2v) is 7.81. The Morgan fingerprint density at radius 2 is 1.92 bits per heavy atom. The zero-order chi connectivity index (χ0) is 18.1. The van der Waals surface area contributed by atoms with Crippen molar-refractivity contribution in [1.29, 1.82) is 0 Å². The van der Waals surface area contributed by atoms with E-state index in [4.69, 9.17) is 0 Å². The lowest BCUT2D eigenvalue weighted by Gasteiger charge is -2.24. The highest BCUT2D eigenvalue weighted by Crippen LogP contribution is 2.37. The third-order valence-electron chi connectivity index (χ3n) is 5.18. The van der Waals surface area contributed by atoms with E-state index in [1.165, 1.54) is 22.4 Å². The molecule has 0 radical (unpaired) electrons. The molecule has 2 heterocycles. The summed E-state index contributed by atoms with van der Waals surface area (Å²) >= 11 is 1.67. The molecule has 1 aromatic carbocycles. The first-order valence-electron chi connectivity index (χ1n) is 8.95. The van der Waals surface area contributed by atoms with Crippen molar-refractivity contribution in [3.63, 3.8) is 0 Å². The first kappa shape index (κ1) is 17.0. The summed E-state index contributed by atoms with van der Waals surface area (Å²) in [7, 11) is 1.58. The summed E-state index contributed by atoms with van der Waals surface area (Å²) in [6.07, 6.45) is 4.68. The number of fused-ring (bicyclic) bond motifs is 1. The minimum absolute atomic E-state index is 0.00259. The number of carbonyl (C=O) groups excluding carboxylic acids is 1. The molecule has 1 fully saturated rings. The van der Waals surface area contributed by atoms with Gasteiger partial charge in [-0.3, -0.25) is 9.59 Å². The molecule has 2 aromatic heterocycles. The molecule has 26 heavy (non-hydrogen) atoms. The largest absolute Gasteiger partial charge is 0.343 e. The molecule has 5 nitrogen and oxygen atoms in total. The van der Waals surface area contributed by atoms with Gasteiger partial charge in [0.05, 0.1) is 11.4 Å². The van der Waals surface area contributed by atoms with Crippen LogP contribution in [0.2, 0.25) is 0 Å². The van der Waals surface area contributed by atoms with Gasteiger partial charge < -0.3 is 5.32 Å². The van der Waals surface area contributed by atoms with Crippen LogP contribution in [0.3, 0.4) is 0 Å². The number of hydrogen-bond donors (Lipinski definition) is 1. The standard InChI is InChI=1S/C20H21N3O2S/c1-23-20(25)15-10-5-4-9-14(15)18(22-23)19(24)21-17(13-7-2-3-8-13)16-11-6-12-26-16/h4-6,9-13,17H,2-3,7-8H2,1H3,(H,21,24). The SMILES string of the molecule is Cn1nc(C(=O)NC(c2cccs2)C2CCCC2)c2ccccc2c1=O. The molecule has 0 spiro atoms. The molecule has 3 aromatic rings. The highest BCUT2D eigenvalue weighted by atomic mass is 32.1. The Labute approximate surface area is 155 Å². The minimum atomic E-state index is -0.220. The Morgan fingerprint density at radius 3 is 2.62 bits per heavy atom. The highest BCUT2D eigenvalue weighted by molar-refractivity contribution is 7.10. The number of nitrogens with zero attached hydrogens (tertiary/aromatic N) is 2. The van der Waals surface area contributed by atoms with Gasteiger partial charge in [0, 0.05) is 17.3 Å². The average Bonchev–Trinajstić information content (AvgIpc) is 3.36. The fourth-order valence-corrected chi connectivity index (χ4v) is 4.73. The number of rotatable bonds is 4. The molecule has 1 aliphatic carbocycles. The molecule has 1 atom stereocenters. The van der Waals surface area contributed by atoms with E-state index in [1.807, 2.05) is 17.5 Å². The highest BCUT2D eigenvalue weighted by Gasteiger charge is 2.29. The van der Waals surface area contributed by atoms with Crippen LogP contribution in [0.5, 0.6) is 0 Å². The van der Waals surface area contributed by atoms with E-state index in [0.717, 1.165) is 12.8 Å². The van der Waals surface area contributed by atoms with Gasteiger partial charge in [-0.05, 0) is 36.3 Å². The maximum atomic E-state index is 13.1. The molecule has 1 aliphatic rings. The third-order valence-corrected chi connectivity index (χ3v) is 6.13. The second-order valence-electron chi connectivity index (χ2n) is 6.83. The normalized spacial score (nSPS) is 16.0. The van der Waals surface area contributed by atoms with Gasteiger partial charge in [-0.1, -0.05) is 37.1 Å². The number of hydrogen-bond acceptors (Lipinski definition) is 4. The van der Waals surface area contributed by atoms with E-state index in [9.17, 15) is 9.59 Å². The topological polar surface area (TPSA) is 64.0 Å². The summed E-state index contributed by atoms with van der Waals surface area (Å²) in [6.45, 7) is 0. The number of carbonyl (C=O) groups is 1. The van der Waals surface area contributed by atoms with Gasteiger partial charge >= 0.3 is 0 Å². The van der Waals surface area contributed by atoms with Crippen LogP contribution in [-0.2, 0) is 7.05 Å². The van der Waals surface area contributed by atoms with E-state index >= 15 is 0 Å². The van der Waals surface area contributed by atoms with Crippen molar-refractivity contribution in [2.45, 2.75) is 31.7 Å². The molecule has 1 N–H and O–H groups in total. The van der Waals surface area contributed by atoms with Crippen molar-refractivity contribution in [2.75, 3.05) is 0 Å². The number of aromatic nitrogens is 2. The van der Waals surface area contributed by atoms with E-state index in [-0.39, 0.29) is 17.5 Å². The van der Waals surface area contributed by atoms with Crippen LogP contribution in [0.4, 0.5) is 0 Å². The van der Waals surface area contributed by atoms with E-state index in [1.54, 1.807) is 36.6 Å². The number of thiophene rings is 1. The van der Waals surface area contributed by atoms with Crippen molar-refractivity contribution in [3.05, 3.63) is 62.7 Å². The molecule has 0 bridgehead atoms. The first-order chi connectivity index (χ1) is 12.6. The molecule has 1 amide bonds. The van der Waals surface area contributed by atoms with Crippen molar-refractivity contribution >= 4 is 28.0 Å². The van der Waals surface area contributed by atoms with Crippen molar-refractivity contribution in [3.8, 4) is 0 Å². The van der Waals surface area contributed by atoms with Gasteiger partial charge in [-0.2, -0.15) is 5.10 Å². The second kappa shape index (κ2) is 7.03. The quantitative estimate of drug-likeness (QED) is 0.765. The van der Waals surface area contributed by atoms with Crippen LogP contribution in [0, 0.1) is 5.92 Å². The molecular weight excluding hydrogens is 346 g/mol. The number of aryl methyl sites for hydroxylation is 1. The minimum Gasteiger partial charge on any atom is -0.343 e. The smallest absolute Gasteiger partial charge is 0.274 e. The Hall–Kier alpha value is -2.47. The average molecular weight is 367 g/mol. The zero-order valence-electron chi connectivity index (χ0n) is 14.6. The molecule has 0 aliphatic heterocycles. The lowest BCUT2D eigenvalue weighted by atomic mass is 9.96. The van der Waals surface area contributed by atoms with Crippen LogP contribution in [0.1, 0.15) is 47.1 Å². The molecule has 0 saturated heterocycles. The van der Waals surface area contributed by atoms with Crippen molar-refractivity contribution in [1.82, 2.24) is 15.1 Å². The molecule has 1 unspecified atom stereocenters. The maximum absolute atomic E-state index is 13.1. The van der Waals surface area contributed by atoms with Crippen molar-refractivity contribution < 1.29 is 4.79 Å². The summed E-state index contributed by atoms with van der Waals surface area (Å²) in [6, 6.07) is 11.3. The Morgan fingerprint density at radius 1 is 1.19 bits per heavy atom. The summed E-state index contributed by atoms with van der Waals surface area (Å²) in [5.41, 5.74) is 0.116. The van der Waals surface area contributed by atoms with Crippen LogP contribution in [0.25, 0.3) is 10.8 Å². The number of amides is 1. The first-order valence-corrected chi connectivity index (χ1v) is 9.83. The lowest BCUT2D eigenvalue weighted by molar-refractivity contribution is 0.0917. The van der Waals surface area contributed by atoms with E-state index < -0.39 is 0 Å². The van der Waals surface area contributed by atoms with Gasteiger partial charge in [-0.25, -0.2) is 4.68 Å². The van der Waals surface area contributed by atoms with Crippen LogP contribution in [0.15, 0.2) is 46.6 Å². The lowest BCUT2D eigenvalue weighted by Crippen LogP contribution is -2.34. The van der Waals surface area contributed by atoms with E-state index in [2.05, 4.69) is 16.5 Å². The molecule has 4 rings (SSSR count). The number of nitrogens with one attached hydrogen (secondary N) is 1. The fourth-order valence-electron chi connectivity index (χ4n) is 3.86. The predicted octanol–water partition coefficient (Wildman–Crippen LogP) is 3.66. The maximum Gasteiger partial charge on any atom is 0.274 e. The summed E-state index contributed by atoms with van der Waals surface area (Å²) < 4.78 is 1.24. The van der Waals surface area contributed by atoms with Gasteiger partial charge in [-0.15, -0.1) is 11.3 Å². The molecule has 1 saturated carbocycles. The van der Waals surface area contributed by atoms with E-state index in [0.29, 0.717) is 22.4 Å². The predicted molar refractivity (Wildman–Crippen MR) is 103 cm³/mol. The zero-order valence-corrected chi connectivity index (χ0v) is 15.5. The Kier molecular flexibility index (Phi) is 4.59. The molecular formula is C20H21N3O2S. The number of benzene rings is 1. The van der Waals surface area contributed by atoms with Crippen LogP contribution < -0.4 is 10.9 Å². The van der Waals surface area contributed by atoms with Crippen LogP contribution in [-0.4, -0.2) is 15.7 Å². The van der Waals surface area contributed by atoms with Gasteiger partial charge in [0.25, 0.3) is 11.5 Å². The van der Waals surface area contributed by atoms with Gasteiger partial charge in [0.15, 0.2) is 5.69 Å². The fraction of sp³-hybridized carbons (Fsp3) is 0.350. The van der Waals surface area contributed by atoms with Gasteiger partial charge in [0.2, 0.25) is 0 Å². The monoisotopic (exact) mass is 367 g/mol. The summed E-state index contributed by atoms with van der Waals surface area (Å²) in [5, 5.41) is 10.6. The van der Waals surface area contributed by atoms with Gasteiger partial charge in [0.1, 0.15) is 0 Å². The molecule has 6 heteroatoms. The van der Waals surface area contributed by atoms with Crippen LogP contribution >= 0.6 is 11.3 Å². The Balaban J connectivity index is 1.72. The summed E-state index contributed by atoms with van der Waals surface area (Å²) in [5.74, 6) is 0.235. The van der Waals surface area contributed by atoms with Crippen molar-refractivity contribution in [2.24, 2.45) is 13.0 Å². The summed E-state index contributed by atoms with van der Waals surface area (Å²) in [4.78, 5) is 26.6. The Bertz CT molecular complexity index is 988.